The van der Waals surface area contributed by atoms with Crippen molar-refractivity contribution in [3.8, 4) is 0 Å². The predicted molar refractivity (Wildman–Crippen MR) is 90.3 cm³/mol. The molecule has 0 bridgehead atoms. The molecule has 24 heavy (non-hydrogen) atoms. The van der Waals surface area contributed by atoms with Gasteiger partial charge in [0.2, 0.25) is 5.91 Å². The van der Waals surface area contributed by atoms with Crippen LogP contribution in [0, 0.1) is 5.82 Å². The summed E-state index contributed by atoms with van der Waals surface area (Å²) in [6.45, 7) is 4.51. The lowest BCUT2D eigenvalue weighted by Gasteiger charge is -2.39. The van der Waals surface area contributed by atoms with E-state index in [0.717, 1.165) is 19.3 Å². The molecule has 1 N–H and O–H groups in total. The zero-order valence-corrected chi connectivity index (χ0v) is 14.2. The van der Waals surface area contributed by atoms with Gasteiger partial charge in [0.25, 0.3) is 0 Å². The maximum atomic E-state index is 13.4. The van der Waals surface area contributed by atoms with E-state index in [9.17, 15) is 14.0 Å². The van der Waals surface area contributed by atoms with Gasteiger partial charge in [-0.1, -0.05) is 6.07 Å². The molecule has 3 atom stereocenters. The molecule has 0 spiro atoms. The second kappa shape index (κ2) is 6.79. The Morgan fingerprint density at radius 3 is 2.62 bits per heavy atom. The number of benzene rings is 1. The van der Waals surface area contributed by atoms with Gasteiger partial charge in [-0.3, -0.25) is 4.79 Å². The van der Waals surface area contributed by atoms with Gasteiger partial charge >= 0.3 is 6.03 Å². The van der Waals surface area contributed by atoms with E-state index in [0.29, 0.717) is 12.2 Å². The summed E-state index contributed by atoms with van der Waals surface area (Å²) in [4.78, 5) is 28.3. The number of halogens is 1. The number of urea groups is 1. The second-order valence-electron chi connectivity index (χ2n) is 6.87. The maximum absolute atomic E-state index is 13.4. The summed E-state index contributed by atoms with van der Waals surface area (Å²) in [6.07, 6.45) is 3.41. The number of anilines is 1. The molecular formula is C18H24FN3O2. The minimum Gasteiger partial charge on any atom is -0.333 e. The van der Waals surface area contributed by atoms with Crippen LogP contribution in [-0.2, 0) is 4.79 Å². The second-order valence-corrected chi connectivity index (χ2v) is 6.87. The molecule has 1 aromatic rings. The average molecular weight is 333 g/mol. The zero-order valence-electron chi connectivity index (χ0n) is 14.2. The minimum atomic E-state index is -0.372. The van der Waals surface area contributed by atoms with Gasteiger partial charge < -0.3 is 15.1 Å². The van der Waals surface area contributed by atoms with Crippen LogP contribution in [0.2, 0.25) is 0 Å². The fourth-order valence-corrected chi connectivity index (χ4v) is 3.77. The molecule has 130 valence electrons. The standard InChI is InChI=1S/C18H24FN3O2/c1-12-5-3-6-13(2)22(12)18(24)20-15-10-17(23)21(11-15)16-8-4-7-14(19)9-16/h4,7-9,12-13,15H,3,5-6,10-11H2,1-2H3,(H,20,24)/t12-,13-,15-/m1/s1. The fourth-order valence-electron chi connectivity index (χ4n) is 3.77. The minimum absolute atomic E-state index is 0.0920. The summed E-state index contributed by atoms with van der Waals surface area (Å²) < 4.78 is 13.4. The molecular weight excluding hydrogens is 309 g/mol. The summed E-state index contributed by atoms with van der Waals surface area (Å²) in [5, 5.41) is 2.98. The number of nitrogens with zero attached hydrogens (tertiary/aromatic N) is 2. The lowest BCUT2D eigenvalue weighted by atomic mass is 9.98. The lowest BCUT2D eigenvalue weighted by molar-refractivity contribution is -0.117. The summed E-state index contributed by atoms with van der Waals surface area (Å²) in [5.41, 5.74) is 0.538. The van der Waals surface area contributed by atoms with Gasteiger partial charge in [0.05, 0.1) is 6.04 Å². The first-order valence-corrected chi connectivity index (χ1v) is 8.60. The van der Waals surface area contributed by atoms with Crippen LogP contribution >= 0.6 is 0 Å². The van der Waals surface area contributed by atoms with Crippen molar-refractivity contribution in [3.05, 3.63) is 30.1 Å². The molecule has 0 aromatic heterocycles. The molecule has 5 nitrogen and oxygen atoms in total. The van der Waals surface area contributed by atoms with E-state index in [-0.39, 0.29) is 42.3 Å². The van der Waals surface area contributed by atoms with Crippen molar-refractivity contribution in [2.45, 2.75) is 57.7 Å². The predicted octanol–water partition coefficient (Wildman–Crippen LogP) is 2.90. The van der Waals surface area contributed by atoms with Crippen LogP contribution in [0.5, 0.6) is 0 Å². The van der Waals surface area contributed by atoms with Gasteiger partial charge in [0.15, 0.2) is 0 Å². The first-order chi connectivity index (χ1) is 11.5. The maximum Gasteiger partial charge on any atom is 0.318 e. The van der Waals surface area contributed by atoms with E-state index in [4.69, 9.17) is 0 Å². The van der Waals surface area contributed by atoms with Crippen molar-refractivity contribution < 1.29 is 14.0 Å². The highest BCUT2D eigenvalue weighted by Gasteiger charge is 2.35. The molecule has 0 unspecified atom stereocenters. The van der Waals surface area contributed by atoms with Crippen molar-refractivity contribution in [2.24, 2.45) is 0 Å². The first kappa shape index (κ1) is 16.7. The Kier molecular flexibility index (Phi) is 4.73. The van der Waals surface area contributed by atoms with Crippen LogP contribution in [0.15, 0.2) is 24.3 Å². The van der Waals surface area contributed by atoms with Gasteiger partial charge in [-0.05, 0) is 51.3 Å². The topological polar surface area (TPSA) is 52.7 Å². The number of hydrogen-bond acceptors (Lipinski definition) is 2. The molecule has 2 heterocycles. The van der Waals surface area contributed by atoms with Crippen LogP contribution < -0.4 is 10.2 Å². The molecule has 1 aromatic carbocycles. The van der Waals surface area contributed by atoms with E-state index in [1.807, 2.05) is 4.90 Å². The zero-order chi connectivity index (χ0) is 17.3. The number of hydrogen-bond donors (Lipinski definition) is 1. The highest BCUT2D eigenvalue weighted by Crippen LogP contribution is 2.25. The largest absolute Gasteiger partial charge is 0.333 e. The van der Waals surface area contributed by atoms with Gasteiger partial charge in [-0.15, -0.1) is 0 Å². The Balaban J connectivity index is 1.64. The van der Waals surface area contributed by atoms with Gasteiger partial charge in [0, 0.05) is 30.7 Å². The molecule has 3 rings (SSSR count). The number of amides is 3. The summed E-state index contributed by atoms with van der Waals surface area (Å²) in [5.74, 6) is -0.464. The third kappa shape index (κ3) is 3.37. The fraction of sp³-hybridized carbons (Fsp3) is 0.556. The lowest BCUT2D eigenvalue weighted by Crippen LogP contribution is -2.54. The summed E-state index contributed by atoms with van der Waals surface area (Å²) >= 11 is 0. The van der Waals surface area contributed by atoms with E-state index in [1.165, 1.54) is 17.0 Å². The van der Waals surface area contributed by atoms with Crippen molar-refractivity contribution in [2.75, 3.05) is 11.4 Å². The molecule has 2 fully saturated rings. The molecule has 2 saturated heterocycles. The highest BCUT2D eigenvalue weighted by molar-refractivity contribution is 5.96. The third-order valence-corrected chi connectivity index (χ3v) is 5.00. The van der Waals surface area contributed by atoms with Crippen molar-refractivity contribution >= 4 is 17.6 Å². The Hall–Kier alpha value is -2.11. The summed E-state index contributed by atoms with van der Waals surface area (Å²) in [7, 11) is 0. The van der Waals surface area contributed by atoms with E-state index in [1.54, 1.807) is 12.1 Å². The Bertz CT molecular complexity index is 626. The number of nitrogens with one attached hydrogen (secondary N) is 1. The SMILES string of the molecule is C[C@@H]1CCC[C@@H](C)N1C(=O)N[C@@H]1CC(=O)N(c2cccc(F)c2)C1. The molecule has 2 aliphatic rings. The number of likely N-dealkylation sites (tertiary alicyclic amines) is 1. The normalized spacial score (nSPS) is 27.5. The van der Waals surface area contributed by atoms with Gasteiger partial charge in [0.1, 0.15) is 5.82 Å². The third-order valence-electron chi connectivity index (χ3n) is 5.00. The molecule has 6 heteroatoms. The number of carbonyl (C=O) groups is 2. The summed E-state index contributed by atoms with van der Waals surface area (Å²) in [6, 6.07) is 6.07. The molecule has 0 aliphatic carbocycles. The molecule has 2 aliphatic heterocycles. The monoisotopic (exact) mass is 333 g/mol. The van der Waals surface area contributed by atoms with E-state index >= 15 is 0 Å². The number of carbonyl (C=O) groups excluding carboxylic acids is 2. The average Bonchev–Trinajstić information content (AvgIpc) is 2.87. The van der Waals surface area contributed by atoms with Gasteiger partial charge in [-0.25, -0.2) is 9.18 Å². The number of piperidine rings is 1. The first-order valence-electron chi connectivity index (χ1n) is 8.60. The van der Waals surface area contributed by atoms with Crippen molar-refractivity contribution in [1.82, 2.24) is 10.2 Å². The Morgan fingerprint density at radius 2 is 1.96 bits per heavy atom. The molecule has 3 amide bonds. The van der Waals surface area contributed by atoms with Crippen LogP contribution in [0.3, 0.4) is 0 Å². The molecule has 0 radical (unpaired) electrons. The Labute approximate surface area is 141 Å². The van der Waals surface area contributed by atoms with E-state index < -0.39 is 0 Å². The van der Waals surface area contributed by atoms with Crippen LogP contribution in [0.1, 0.15) is 39.5 Å². The quantitative estimate of drug-likeness (QED) is 0.905. The van der Waals surface area contributed by atoms with Crippen LogP contribution in [0.25, 0.3) is 0 Å². The van der Waals surface area contributed by atoms with E-state index in [2.05, 4.69) is 19.2 Å². The number of rotatable bonds is 2. The van der Waals surface area contributed by atoms with Crippen molar-refractivity contribution in [1.29, 1.82) is 0 Å². The van der Waals surface area contributed by atoms with Gasteiger partial charge in [-0.2, -0.15) is 0 Å². The van der Waals surface area contributed by atoms with Crippen molar-refractivity contribution in [3.63, 3.8) is 0 Å². The highest BCUT2D eigenvalue weighted by atomic mass is 19.1. The Morgan fingerprint density at radius 1 is 1.25 bits per heavy atom. The van der Waals surface area contributed by atoms with Crippen LogP contribution in [-0.4, -0.2) is 41.5 Å². The molecule has 0 saturated carbocycles. The smallest absolute Gasteiger partial charge is 0.318 e. The van der Waals surface area contributed by atoms with Crippen LogP contribution in [0.4, 0.5) is 14.9 Å².